The molecule has 7 nitrogen and oxygen atoms in total. The Labute approximate surface area is 150 Å². The molecule has 7 heteroatoms. The van der Waals surface area contributed by atoms with Crippen molar-refractivity contribution in [1.29, 1.82) is 10.5 Å². The zero-order valence-electron chi connectivity index (χ0n) is 15.2. The van der Waals surface area contributed by atoms with Crippen LogP contribution in [-0.4, -0.2) is 85.2 Å². The quantitative estimate of drug-likeness (QED) is 0.678. The third-order valence-electron chi connectivity index (χ3n) is 5.14. The van der Waals surface area contributed by atoms with Gasteiger partial charge in [0.2, 0.25) is 5.91 Å². The third-order valence-corrected chi connectivity index (χ3v) is 5.14. The molecule has 0 N–H and O–H groups in total. The lowest BCUT2D eigenvalue weighted by Gasteiger charge is -2.43. The summed E-state index contributed by atoms with van der Waals surface area (Å²) >= 11 is 0. The van der Waals surface area contributed by atoms with Crippen LogP contribution < -0.4 is 0 Å². The Bertz CT molecular complexity index is 487. The van der Waals surface area contributed by atoms with Crippen LogP contribution in [0, 0.1) is 22.7 Å². The SMILES string of the molecule is CC1COCCN1C1CCN(CC(=O)N(CCC#N)CCC#N)CC1. The van der Waals surface area contributed by atoms with Crippen molar-refractivity contribution < 1.29 is 9.53 Å². The normalized spacial score (nSPS) is 22.9. The first-order chi connectivity index (χ1) is 12.2. The van der Waals surface area contributed by atoms with Crippen LogP contribution in [0.4, 0.5) is 0 Å². The van der Waals surface area contributed by atoms with Crippen LogP contribution >= 0.6 is 0 Å². The number of hydrogen-bond donors (Lipinski definition) is 0. The van der Waals surface area contributed by atoms with Crippen molar-refractivity contribution in [3.05, 3.63) is 0 Å². The monoisotopic (exact) mass is 347 g/mol. The summed E-state index contributed by atoms with van der Waals surface area (Å²) in [6, 6.07) is 5.20. The molecule has 0 bridgehead atoms. The van der Waals surface area contributed by atoms with Gasteiger partial charge in [-0.25, -0.2) is 0 Å². The van der Waals surface area contributed by atoms with Crippen LogP contribution in [0.2, 0.25) is 0 Å². The van der Waals surface area contributed by atoms with Gasteiger partial charge >= 0.3 is 0 Å². The largest absolute Gasteiger partial charge is 0.379 e. The molecule has 0 saturated carbocycles. The summed E-state index contributed by atoms with van der Waals surface area (Å²) in [5, 5.41) is 17.5. The van der Waals surface area contributed by atoms with E-state index >= 15 is 0 Å². The molecule has 1 amide bonds. The lowest BCUT2D eigenvalue weighted by atomic mass is 10.0. The summed E-state index contributed by atoms with van der Waals surface area (Å²) in [5.74, 6) is 0.0312. The lowest BCUT2D eigenvalue weighted by molar-refractivity contribution is -0.132. The van der Waals surface area contributed by atoms with Gasteiger partial charge in [0.05, 0.1) is 44.7 Å². The average Bonchev–Trinajstić information content (AvgIpc) is 2.63. The van der Waals surface area contributed by atoms with E-state index in [0.717, 1.165) is 45.7 Å². The summed E-state index contributed by atoms with van der Waals surface area (Å²) in [4.78, 5) is 18.9. The van der Waals surface area contributed by atoms with Gasteiger partial charge in [-0.15, -0.1) is 0 Å². The summed E-state index contributed by atoms with van der Waals surface area (Å²) in [5.41, 5.74) is 0. The number of likely N-dealkylation sites (tertiary alicyclic amines) is 1. The molecular weight excluding hydrogens is 318 g/mol. The minimum absolute atomic E-state index is 0.0312. The molecule has 2 saturated heterocycles. The molecule has 0 aromatic rings. The zero-order chi connectivity index (χ0) is 18.1. The minimum atomic E-state index is 0.0312. The molecule has 2 aliphatic rings. The van der Waals surface area contributed by atoms with E-state index in [4.69, 9.17) is 15.3 Å². The van der Waals surface area contributed by atoms with Crippen molar-refractivity contribution in [2.24, 2.45) is 0 Å². The number of carbonyl (C=O) groups excluding carboxylic acids is 1. The zero-order valence-corrected chi connectivity index (χ0v) is 15.2. The molecule has 0 spiro atoms. The molecule has 2 aliphatic heterocycles. The van der Waals surface area contributed by atoms with Gasteiger partial charge in [-0.05, 0) is 19.8 Å². The Hall–Kier alpha value is -1.67. The second kappa shape index (κ2) is 10.4. The number of piperidine rings is 1. The van der Waals surface area contributed by atoms with Gasteiger partial charge in [-0.1, -0.05) is 0 Å². The van der Waals surface area contributed by atoms with E-state index in [9.17, 15) is 4.79 Å². The van der Waals surface area contributed by atoms with Crippen LogP contribution in [0.3, 0.4) is 0 Å². The van der Waals surface area contributed by atoms with E-state index in [1.165, 1.54) is 0 Å². The van der Waals surface area contributed by atoms with Gasteiger partial charge in [0.25, 0.3) is 0 Å². The number of morpholine rings is 1. The van der Waals surface area contributed by atoms with E-state index in [1.54, 1.807) is 4.90 Å². The van der Waals surface area contributed by atoms with Crippen molar-refractivity contribution >= 4 is 5.91 Å². The Balaban J connectivity index is 1.78. The van der Waals surface area contributed by atoms with Crippen LogP contribution in [0.5, 0.6) is 0 Å². The van der Waals surface area contributed by atoms with E-state index in [-0.39, 0.29) is 5.91 Å². The van der Waals surface area contributed by atoms with Crippen LogP contribution in [0.25, 0.3) is 0 Å². The number of amides is 1. The van der Waals surface area contributed by atoms with Crippen molar-refractivity contribution in [3.8, 4) is 12.1 Å². The maximum atomic E-state index is 12.5. The van der Waals surface area contributed by atoms with Crippen LogP contribution in [0.15, 0.2) is 0 Å². The smallest absolute Gasteiger partial charge is 0.236 e. The minimum Gasteiger partial charge on any atom is -0.379 e. The highest BCUT2D eigenvalue weighted by Gasteiger charge is 2.30. The number of carbonyl (C=O) groups is 1. The fraction of sp³-hybridized carbons (Fsp3) is 0.833. The Morgan fingerprint density at radius 1 is 1.16 bits per heavy atom. The number of rotatable bonds is 7. The predicted molar refractivity (Wildman–Crippen MR) is 93.5 cm³/mol. The van der Waals surface area contributed by atoms with Crippen molar-refractivity contribution in [1.82, 2.24) is 14.7 Å². The lowest BCUT2D eigenvalue weighted by Crippen LogP contribution is -2.54. The highest BCUT2D eigenvalue weighted by atomic mass is 16.5. The predicted octanol–water partition coefficient (Wildman–Crippen LogP) is 0.827. The maximum absolute atomic E-state index is 12.5. The maximum Gasteiger partial charge on any atom is 0.236 e. The van der Waals surface area contributed by atoms with E-state index < -0.39 is 0 Å². The van der Waals surface area contributed by atoms with Gasteiger partial charge in [0, 0.05) is 44.8 Å². The van der Waals surface area contributed by atoms with E-state index in [0.29, 0.717) is 44.6 Å². The van der Waals surface area contributed by atoms with E-state index in [2.05, 4.69) is 28.9 Å². The summed E-state index contributed by atoms with van der Waals surface area (Å²) < 4.78 is 5.52. The molecule has 2 heterocycles. The van der Waals surface area contributed by atoms with Crippen LogP contribution in [0.1, 0.15) is 32.6 Å². The second-order valence-corrected chi connectivity index (χ2v) is 6.87. The topological polar surface area (TPSA) is 83.6 Å². The summed E-state index contributed by atoms with van der Waals surface area (Å²) in [6.45, 7) is 7.91. The fourth-order valence-corrected chi connectivity index (χ4v) is 3.71. The van der Waals surface area contributed by atoms with Crippen molar-refractivity contribution in [2.75, 3.05) is 52.5 Å². The Kier molecular flexibility index (Phi) is 8.14. The molecule has 1 atom stereocenters. The molecule has 1 unspecified atom stereocenters. The second-order valence-electron chi connectivity index (χ2n) is 6.87. The van der Waals surface area contributed by atoms with Gasteiger partial charge in [-0.3, -0.25) is 14.6 Å². The molecule has 2 rings (SSSR count). The van der Waals surface area contributed by atoms with Crippen molar-refractivity contribution in [3.63, 3.8) is 0 Å². The number of nitrogens with zero attached hydrogens (tertiary/aromatic N) is 5. The van der Waals surface area contributed by atoms with Gasteiger partial charge in [-0.2, -0.15) is 10.5 Å². The molecule has 0 aliphatic carbocycles. The highest BCUT2D eigenvalue weighted by molar-refractivity contribution is 5.78. The summed E-state index contributed by atoms with van der Waals surface area (Å²) in [7, 11) is 0. The average molecular weight is 347 g/mol. The molecule has 0 aromatic carbocycles. The third kappa shape index (κ3) is 5.97. The Morgan fingerprint density at radius 3 is 2.36 bits per heavy atom. The number of ether oxygens (including phenoxy) is 1. The first-order valence-electron chi connectivity index (χ1n) is 9.23. The van der Waals surface area contributed by atoms with Gasteiger partial charge < -0.3 is 9.64 Å². The first kappa shape index (κ1) is 19.7. The van der Waals surface area contributed by atoms with Crippen LogP contribution in [-0.2, 0) is 9.53 Å². The molecule has 0 aromatic heterocycles. The Morgan fingerprint density at radius 2 is 1.80 bits per heavy atom. The number of nitriles is 2. The summed E-state index contributed by atoms with van der Waals surface area (Å²) in [6.07, 6.45) is 2.78. The van der Waals surface area contributed by atoms with Gasteiger partial charge in [0.1, 0.15) is 0 Å². The highest BCUT2D eigenvalue weighted by Crippen LogP contribution is 2.20. The first-order valence-corrected chi connectivity index (χ1v) is 9.23. The standard InChI is InChI=1S/C18H29N5O2/c1-16-15-25-13-12-23(16)17-4-10-21(11-5-17)14-18(24)22(8-2-6-19)9-3-7-20/h16-17H,2-5,8-15H2,1H3. The fourth-order valence-electron chi connectivity index (χ4n) is 3.71. The molecule has 138 valence electrons. The van der Waals surface area contributed by atoms with Crippen molar-refractivity contribution in [2.45, 2.75) is 44.7 Å². The molecule has 0 radical (unpaired) electrons. The van der Waals surface area contributed by atoms with Gasteiger partial charge in [0.15, 0.2) is 0 Å². The molecular formula is C18H29N5O2. The van der Waals surface area contributed by atoms with E-state index in [1.807, 2.05) is 0 Å². The molecule has 2 fully saturated rings. The molecule has 25 heavy (non-hydrogen) atoms. The number of hydrogen-bond acceptors (Lipinski definition) is 6.